The fraction of sp³-hybridized carbons (Fsp3) is 0.316. The van der Waals surface area contributed by atoms with E-state index in [4.69, 9.17) is 16.3 Å². The molecule has 28 heavy (non-hydrogen) atoms. The summed E-state index contributed by atoms with van der Waals surface area (Å²) in [6.45, 7) is 1.32. The predicted molar refractivity (Wildman–Crippen MR) is 110 cm³/mol. The van der Waals surface area contributed by atoms with Gasteiger partial charge in [0, 0.05) is 32.7 Å². The molecule has 1 saturated heterocycles. The molecule has 1 aliphatic rings. The van der Waals surface area contributed by atoms with Gasteiger partial charge in [0.1, 0.15) is 0 Å². The number of amides is 1. The van der Waals surface area contributed by atoms with Gasteiger partial charge in [0.05, 0.1) is 34.5 Å². The highest BCUT2D eigenvalue weighted by atomic mass is 35.5. The Morgan fingerprint density at radius 1 is 1.14 bits per heavy atom. The summed E-state index contributed by atoms with van der Waals surface area (Å²) in [5, 5.41) is 3.32. The highest BCUT2D eigenvalue weighted by Gasteiger charge is 2.27. The lowest BCUT2D eigenvalue weighted by Gasteiger charge is -2.26. The van der Waals surface area contributed by atoms with Crippen LogP contribution in [-0.2, 0) is 14.8 Å². The molecular formula is C19H22ClN3O4S. The van der Waals surface area contributed by atoms with Gasteiger partial charge in [0.25, 0.3) is 5.91 Å². The zero-order chi connectivity index (χ0) is 20.3. The smallest absolute Gasteiger partial charge is 0.255 e. The third kappa shape index (κ3) is 4.30. The predicted octanol–water partition coefficient (Wildman–Crippen LogP) is 2.68. The number of sulfonamides is 1. The molecule has 0 bridgehead atoms. The Labute approximate surface area is 169 Å². The number of hydrogen-bond donors (Lipinski definition) is 1. The molecule has 0 unspecified atom stereocenters. The van der Waals surface area contributed by atoms with Gasteiger partial charge in [0.15, 0.2) is 0 Å². The highest BCUT2D eigenvalue weighted by Crippen LogP contribution is 2.32. The van der Waals surface area contributed by atoms with E-state index in [2.05, 4.69) is 5.32 Å². The second-order valence-electron chi connectivity index (χ2n) is 6.53. The van der Waals surface area contributed by atoms with Crippen molar-refractivity contribution in [2.75, 3.05) is 50.6 Å². The van der Waals surface area contributed by atoms with Crippen LogP contribution < -0.4 is 10.2 Å². The van der Waals surface area contributed by atoms with Crippen molar-refractivity contribution in [2.45, 2.75) is 4.90 Å². The molecule has 0 aliphatic carbocycles. The molecule has 150 valence electrons. The van der Waals surface area contributed by atoms with Crippen molar-refractivity contribution < 1.29 is 17.9 Å². The quantitative estimate of drug-likeness (QED) is 0.799. The molecule has 7 nitrogen and oxygen atoms in total. The van der Waals surface area contributed by atoms with E-state index in [0.717, 1.165) is 0 Å². The van der Waals surface area contributed by atoms with E-state index in [1.54, 1.807) is 35.2 Å². The summed E-state index contributed by atoms with van der Waals surface area (Å²) in [5.74, 6) is -0.413. The van der Waals surface area contributed by atoms with Crippen molar-refractivity contribution >= 4 is 38.9 Å². The van der Waals surface area contributed by atoms with Gasteiger partial charge in [-0.05, 0) is 30.3 Å². The number of halogens is 1. The monoisotopic (exact) mass is 423 g/mol. The molecule has 1 amide bonds. The van der Waals surface area contributed by atoms with Crippen molar-refractivity contribution in [3.05, 3.63) is 53.1 Å². The summed E-state index contributed by atoms with van der Waals surface area (Å²) < 4.78 is 32.2. The highest BCUT2D eigenvalue weighted by molar-refractivity contribution is 7.89. The second kappa shape index (κ2) is 8.48. The van der Waals surface area contributed by atoms with E-state index in [0.29, 0.717) is 42.7 Å². The number of rotatable bonds is 5. The molecule has 0 atom stereocenters. The average Bonchev–Trinajstić information content (AvgIpc) is 2.68. The molecule has 2 aromatic rings. The molecule has 0 spiro atoms. The Morgan fingerprint density at radius 2 is 1.82 bits per heavy atom. The van der Waals surface area contributed by atoms with Crippen LogP contribution in [0, 0.1) is 0 Å². The number of anilines is 2. The number of hydrogen-bond acceptors (Lipinski definition) is 5. The van der Waals surface area contributed by atoms with E-state index in [1.807, 2.05) is 14.1 Å². The number of carbonyl (C=O) groups excluding carboxylic acids is 1. The lowest BCUT2D eigenvalue weighted by molar-refractivity contribution is 0.0730. The van der Waals surface area contributed by atoms with Crippen molar-refractivity contribution in [1.82, 2.24) is 4.31 Å². The molecule has 1 aliphatic heterocycles. The molecule has 1 fully saturated rings. The third-order valence-corrected chi connectivity index (χ3v) is 6.59. The van der Waals surface area contributed by atoms with Crippen LogP contribution in [0.3, 0.4) is 0 Å². The SMILES string of the molecule is CN(C)c1c(Cl)cccc1NC(=O)c1cccc(S(=O)(=O)N2CCOCC2)c1. The fourth-order valence-electron chi connectivity index (χ4n) is 3.00. The summed E-state index contributed by atoms with van der Waals surface area (Å²) in [4.78, 5) is 14.6. The van der Waals surface area contributed by atoms with Crippen molar-refractivity contribution in [3.63, 3.8) is 0 Å². The number of nitrogens with one attached hydrogen (secondary N) is 1. The summed E-state index contributed by atoms with van der Waals surface area (Å²) in [6.07, 6.45) is 0. The van der Waals surface area contributed by atoms with Crippen LogP contribution in [0.4, 0.5) is 11.4 Å². The molecule has 0 radical (unpaired) electrons. The summed E-state index contributed by atoms with van der Waals surface area (Å²) >= 11 is 6.24. The first-order chi connectivity index (χ1) is 13.3. The average molecular weight is 424 g/mol. The lowest BCUT2D eigenvalue weighted by atomic mass is 10.2. The maximum Gasteiger partial charge on any atom is 0.255 e. The Bertz CT molecular complexity index is 973. The van der Waals surface area contributed by atoms with Gasteiger partial charge in [-0.15, -0.1) is 0 Å². The maximum atomic E-state index is 12.8. The first-order valence-electron chi connectivity index (χ1n) is 8.76. The number of morpholine rings is 1. The van der Waals surface area contributed by atoms with Crippen LogP contribution in [-0.4, -0.2) is 59.0 Å². The second-order valence-corrected chi connectivity index (χ2v) is 8.87. The van der Waals surface area contributed by atoms with Gasteiger partial charge in [-0.3, -0.25) is 4.79 Å². The van der Waals surface area contributed by atoms with Crippen molar-refractivity contribution in [2.24, 2.45) is 0 Å². The van der Waals surface area contributed by atoms with Crippen LogP contribution in [0.1, 0.15) is 10.4 Å². The topological polar surface area (TPSA) is 79.0 Å². The lowest BCUT2D eigenvalue weighted by Crippen LogP contribution is -2.40. The third-order valence-electron chi connectivity index (χ3n) is 4.39. The Hall–Kier alpha value is -2.13. The van der Waals surface area contributed by atoms with Gasteiger partial charge in [0.2, 0.25) is 10.0 Å². The van der Waals surface area contributed by atoms with Crippen LogP contribution in [0.2, 0.25) is 5.02 Å². The Balaban J connectivity index is 1.87. The minimum Gasteiger partial charge on any atom is -0.379 e. The number of para-hydroxylation sites is 1. The molecule has 1 heterocycles. The summed E-state index contributed by atoms with van der Waals surface area (Å²) in [6, 6.07) is 11.2. The molecular weight excluding hydrogens is 402 g/mol. The molecule has 3 rings (SSSR count). The number of carbonyl (C=O) groups is 1. The Kier molecular flexibility index (Phi) is 6.24. The molecule has 2 aromatic carbocycles. The van der Waals surface area contributed by atoms with Gasteiger partial charge < -0.3 is 15.0 Å². The molecule has 9 heteroatoms. The van der Waals surface area contributed by atoms with Crippen LogP contribution in [0.5, 0.6) is 0 Å². The minimum absolute atomic E-state index is 0.0842. The van der Waals surface area contributed by atoms with Gasteiger partial charge in [-0.25, -0.2) is 8.42 Å². The number of nitrogens with zero attached hydrogens (tertiary/aromatic N) is 2. The minimum atomic E-state index is -3.68. The molecule has 0 aromatic heterocycles. The number of ether oxygens (including phenoxy) is 1. The van der Waals surface area contributed by atoms with Crippen molar-refractivity contribution in [1.29, 1.82) is 0 Å². The first kappa shape index (κ1) is 20.6. The maximum absolute atomic E-state index is 12.8. The van der Waals surface area contributed by atoms with Crippen molar-refractivity contribution in [3.8, 4) is 0 Å². The van der Waals surface area contributed by atoms with Gasteiger partial charge in [-0.1, -0.05) is 23.7 Å². The summed E-state index contributed by atoms with van der Waals surface area (Å²) in [7, 11) is -0.0237. The van der Waals surface area contributed by atoms with Crippen LogP contribution in [0.15, 0.2) is 47.4 Å². The van der Waals surface area contributed by atoms with Crippen LogP contribution >= 0.6 is 11.6 Å². The van der Waals surface area contributed by atoms with E-state index >= 15 is 0 Å². The molecule has 0 saturated carbocycles. The zero-order valence-corrected chi connectivity index (χ0v) is 17.3. The van der Waals surface area contributed by atoms with Crippen LogP contribution in [0.25, 0.3) is 0 Å². The normalized spacial score (nSPS) is 15.2. The van der Waals surface area contributed by atoms with E-state index in [9.17, 15) is 13.2 Å². The largest absolute Gasteiger partial charge is 0.379 e. The standard InChI is InChI=1S/C19H22ClN3O4S/c1-22(2)18-16(20)7-4-8-17(18)21-19(24)14-5-3-6-15(13-14)28(25,26)23-9-11-27-12-10-23/h3-8,13H,9-12H2,1-2H3,(H,21,24). The van der Waals surface area contributed by atoms with Gasteiger partial charge in [-0.2, -0.15) is 4.31 Å². The van der Waals surface area contributed by atoms with E-state index in [1.165, 1.54) is 16.4 Å². The molecule has 1 N–H and O–H groups in total. The fourth-order valence-corrected chi connectivity index (χ4v) is 4.80. The Morgan fingerprint density at radius 3 is 2.50 bits per heavy atom. The summed E-state index contributed by atoms with van der Waals surface area (Å²) in [5.41, 5.74) is 1.47. The first-order valence-corrected chi connectivity index (χ1v) is 10.6. The number of benzene rings is 2. The van der Waals surface area contributed by atoms with Gasteiger partial charge >= 0.3 is 0 Å². The van der Waals surface area contributed by atoms with E-state index in [-0.39, 0.29) is 10.5 Å². The zero-order valence-electron chi connectivity index (χ0n) is 15.7. The van der Waals surface area contributed by atoms with E-state index < -0.39 is 15.9 Å².